The number of hydrogen-bond donors (Lipinski definition) is 0. The van der Waals surface area contributed by atoms with Gasteiger partial charge in [-0.05, 0) is 25.1 Å². The lowest BCUT2D eigenvalue weighted by Crippen LogP contribution is -2.23. The first kappa shape index (κ1) is 13.9. The summed E-state index contributed by atoms with van der Waals surface area (Å²) in [7, 11) is 0. The van der Waals surface area contributed by atoms with Gasteiger partial charge in [0, 0.05) is 12.0 Å². The SMILES string of the molecule is CCn1c(=NC(=O)C(C)(C)C)sc2cc(F)ccc21. The third-order valence-electron chi connectivity index (χ3n) is 2.80. The Labute approximate surface area is 115 Å². The highest BCUT2D eigenvalue weighted by molar-refractivity contribution is 7.16. The van der Waals surface area contributed by atoms with E-state index in [9.17, 15) is 9.18 Å². The summed E-state index contributed by atoms with van der Waals surface area (Å²) >= 11 is 1.34. The molecule has 1 aromatic carbocycles. The first-order chi connectivity index (χ1) is 8.82. The van der Waals surface area contributed by atoms with Gasteiger partial charge in [-0.25, -0.2) is 4.39 Å². The fourth-order valence-corrected chi connectivity index (χ4v) is 2.81. The Morgan fingerprint density at radius 3 is 2.68 bits per heavy atom. The van der Waals surface area contributed by atoms with Crippen LogP contribution < -0.4 is 4.80 Å². The van der Waals surface area contributed by atoms with E-state index in [1.165, 1.54) is 23.5 Å². The molecule has 0 unspecified atom stereocenters. The Kier molecular flexibility index (Phi) is 3.58. The van der Waals surface area contributed by atoms with E-state index in [0.29, 0.717) is 11.3 Å². The minimum atomic E-state index is -0.507. The lowest BCUT2D eigenvalue weighted by atomic mass is 9.96. The second-order valence-electron chi connectivity index (χ2n) is 5.41. The maximum absolute atomic E-state index is 13.2. The number of carbonyl (C=O) groups excluding carboxylic acids is 1. The summed E-state index contributed by atoms with van der Waals surface area (Å²) in [6, 6.07) is 4.63. The van der Waals surface area contributed by atoms with E-state index in [4.69, 9.17) is 0 Å². The third-order valence-corrected chi connectivity index (χ3v) is 3.84. The van der Waals surface area contributed by atoms with Crippen LogP contribution in [0.2, 0.25) is 0 Å². The van der Waals surface area contributed by atoms with Crippen LogP contribution in [0.5, 0.6) is 0 Å². The molecule has 1 aromatic heterocycles. The molecule has 19 heavy (non-hydrogen) atoms. The standard InChI is InChI=1S/C14H17FN2OS/c1-5-17-10-7-6-9(15)8-11(10)19-13(17)16-12(18)14(2,3)4/h6-8H,5H2,1-4H3. The van der Waals surface area contributed by atoms with Crippen molar-refractivity contribution in [3.63, 3.8) is 0 Å². The molecule has 0 radical (unpaired) electrons. The highest BCUT2D eigenvalue weighted by Gasteiger charge is 2.21. The van der Waals surface area contributed by atoms with Crippen molar-refractivity contribution < 1.29 is 9.18 Å². The molecule has 0 saturated carbocycles. The Morgan fingerprint density at radius 2 is 2.11 bits per heavy atom. The third kappa shape index (κ3) is 2.76. The zero-order valence-corrected chi connectivity index (χ0v) is 12.3. The van der Waals surface area contributed by atoms with Crippen LogP contribution in [0.1, 0.15) is 27.7 Å². The fraction of sp³-hybridized carbons (Fsp3) is 0.429. The average Bonchev–Trinajstić information content (AvgIpc) is 2.63. The first-order valence-electron chi connectivity index (χ1n) is 6.21. The highest BCUT2D eigenvalue weighted by Crippen LogP contribution is 2.19. The Balaban J connectivity index is 2.67. The normalized spacial score (nSPS) is 13.2. The monoisotopic (exact) mass is 280 g/mol. The van der Waals surface area contributed by atoms with Gasteiger partial charge in [-0.3, -0.25) is 4.79 Å². The number of nitrogens with zero attached hydrogens (tertiary/aromatic N) is 2. The lowest BCUT2D eigenvalue weighted by Gasteiger charge is -2.11. The molecule has 0 aliphatic carbocycles. The topological polar surface area (TPSA) is 34.4 Å². The van der Waals surface area contributed by atoms with Gasteiger partial charge >= 0.3 is 0 Å². The number of hydrogen-bond acceptors (Lipinski definition) is 2. The van der Waals surface area contributed by atoms with Gasteiger partial charge in [0.2, 0.25) is 0 Å². The molecule has 5 heteroatoms. The number of carbonyl (C=O) groups is 1. The van der Waals surface area contributed by atoms with Crippen LogP contribution in [0.25, 0.3) is 10.2 Å². The molecule has 102 valence electrons. The van der Waals surface area contributed by atoms with Crippen molar-refractivity contribution in [2.24, 2.45) is 10.4 Å². The van der Waals surface area contributed by atoms with E-state index in [2.05, 4.69) is 4.99 Å². The van der Waals surface area contributed by atoms with Crippen LogP contribution in [0.15, 0.2) is 23.2 Å². The molecule has 0 fully saturated rings. The van der Waals surface area contributed by atoms with Crippen LogP contribution in [-0.4, -0.2) is 10.5 Å². The number of thiazole rings is 1. The minimum absolute atomic E-state index is 0.165. The van der Waals surface area contributed by atoms with Crippen LogP contribution in [0, 0.1) is 11.2 Å². The molecule has 2 aromatic rings. The molecule has 0 aliphatic rings. The number of benzene rings is 1. The number of aromatic nitrogens is 1. The molecule has 3 nitrogen and oxygen atoms in total. The molecule has 0 aliphatic heterocycles. The number of fused-ring (bicyclic) bond motifs is 1. The zero-order chi connectivity index (χ0) is 14.2. The highest BCUT2D eigenvalue weighted by atomic mass is 32.1. The summed E-state index contributed by atoms with van der Waals surface area (Å²) in [5.41, 5.74) is 0.404. The van der Waals surface area contributed by atoms with Crippen LogP contribution in [0.4, 0.5) is 4.39 Å². The molecular weight excluding hydrogens is 263 g/mol. The number of amides is 1. The van der Waals surface area contributed by atoms with E-state index < -0.39 is 5.41 Å². The van der Waals surface area contributed by atoms with E-state index >= 15 is 0 Å². The largest absolute Gasteiger partial charge is 0.317 e. The Hall–Kier alpha value is -1.49. The predicted octanol–water partition coefficient (Wildman–Crippen LogP) is 3.34. The van der Waals surface area contributed by atoms with Crippen molar-refractivity contribution in [2.75, 3.05) is 0 Å². The fourth-order valence-electron chi connectivity index (χ4n) is 1.69. The molecule has 1 amide bonds. The molecule has 0 saturated heterocycles. The van der Waals surface area contributed by atoms with E-state index in [0.717, 1.165) is 10.2 Å². The summed E-state index contributed by atoms with van der Waals surface area (Å²) in [4.78, 5) is 16.8. The molecule has 0 bridgehead atoms. The van der Waals surface area contributed by atoms with Gasteiger partial charge in [0.15, 0.2) is 4.80 Å². The van der Waals surface area contributed by atoms with E-state index in [-0.39, 0.29) is 11.7 Å². The van der Waals surface area contributed by atoms with E-state index in [1.807, 2.05) is 32.3 Å². The van der Waals surface area contributed by atoms with Crippen LogP contribution in [0.3, 0.4) is 0 Å². The Morgan fingerprint density at radius 1 is 1.42 bits per heavy atom. The van der Waals surface area contributed by atoms with E-state index in [1.54, 1.807) is 6.07 Å². The number of aryl methyl sites for hydroxylation is 1. The van der Waals surface area contributed by atoms with Crippen LogP contribution in [-0.2, 0) is 11.3 Å². The number of rotatable bonds is 1. The van der Waals surface area contributed by atoms with Gasteiger partial charge in [0.05, 0.1) is 10.2 Å². The van der Waals surface area contributed by atoms with Crippen molar-refractivity contribution in [3.8, 4) is 0 Å². The summed E-state index contributed by atoms with van der Waals surface area (Å²) in [6.45, 7) is 8.18. The number of halogens is 1. The molecule has 0 spiro atoms. The summed E-state index contributed by atoms with van der Waals surface area (Å²) < 4.78 is 16.0. The van der Waals surface area contributed by atoms with Crippen LogP contribution >= 0.6 is 11.3 Å². The quantitative estimate of drug-likeness (QED) is 0.789. The second-order valence-corrected chi connectivity index (χ2v) is 6.42. The molecule has 0 N–H and O–H groups in total. The summed E-state index contributed by atoms with van der Waals surface area (Å²) in [6.07, 6.45) is 0. The van der Waals surface area contributed by atoms with Gasteiger partial charge in [-0.1, -0.05) is 32.1 Å². The van der Waals surface area contributed by atoms with Crippen molar-refractivity contribution >= 4 is 27.5 Å². The summed E-state index contributed by atoms with van der Waals surface area (Å²) in [5.74, 6) is -0.438. The minimum Gasteiger partial charge on any atom is -0.317 e. The van der Waals surface area contributed by atoms with Crippen molar-refractivity contribution in [1.82, 2.24) is 4.57 Å². The molecule has 2 rings (SSSR count). The average molecular weight is 280 g/mol. The predicted molar refractivity (Wildman–Crippen MR) is 75.5 cm³/mol. The first-order valence-corrected chi connectivity index (χ1v) is 7.02. The van der Waals surface area contributed by atoms with Crippen molar-refractivity contribution in [2.45, 2.75) is 34.2 Å². The van der Waals surface area contributed by atoms with Gasteiger partial charge in [0.25, 0.3) is 5.91 Å². The van der Waals surface area contributed by atoms with Gasteiger partial charge in [0.1, 0.15) is 5.82 Å². The van der Waals surface area contributed by atoms with Crippen molar-refractivity contribution in [1.29, 1.82) is 0 Å². The lowest BCUT2D eigenvalue weighted by molar-refractivity contribution is -0.125. The van der Waals surface area contributed by atoms with Gasteiger partial charge in [-0.2, -0.15) is 4.99 Å². The molecule has 1 heterocycles. The summed E-state index contributed by atoms with van der Waals surface area (Å²) in [5, 5.41) is 0. The smallest absolute Gasteiger partial charge is 0.253 e. The zero-order valence-electron chi connectivity index (χ0n) is 11.5. The maximum Gasteiger partial charge on any atom is 0.253 e. The molecular formula is C14H17FN2OS. The van der Waals surface area contributed by atoms with Crippen molar-refractivity contribution in [3.05, 3.63) is 28.8 Å². The van der Waals surface area contributed by atoms with Gasteiger partial charge in [-0.15, -0.1) is 0 Å². The second kappa shape index (κ2) is 4.89. The maximum atomic E-state index is 13.2. The Bertz CT molecular complexity index is 692. The van der Waals surface area contributed by atoms with Gasteiger partial charge < -0.3 is 4.57 Å². The molecule has 0 atom stereocenters.